The first-order chi connectivity index (χ1) is 19.5. The average Bonchev–Trinajstić information content (AvgIpc) is 3.55. The number of furan rings is 1. The van der Waals surface area contributed by atoms with Crippen molar-refractivity contribution in [1.82, 2.24) is 0 Å². The Morgan fingerprint density at radius 1 is 0.895 bits per heavy atom. The van der Waals surface area contributed by atoms with Crippen molar-refractivity contribution in [2.45, 2.75) is 77.0 Å². The van der Waals surface area contributed by atoms with Crippen molar-refractivity contribution < 1.29 is 13.1 Å². The Bertz CT molecular complexity index is 1840. The molecule has 2 heterocycles. The molecule has 0 spiro atoms. The van der Waals surface area contributed by atoms with Crippen LogP contribution >= 0.6 is 0 Å². The van der Waals surface area contributed by atoms with Crippen LogP contribution in [0.2, 0.25) is 0 Å². The van der Waals surface area contributed by atoms with Gasteiger partial charge in [0.2, 0.25) is 5.69 Å². The molecule has 192 valence electrons. The van der Waals surface area contributed by atoms with Gasteiger partial charge in [0, 0.05) is 32.6 Å². The second-order valence-corrected chi connectivity index (χ2v) is 11.9. The molecule has 0 amide bonds. The fourth-order valence-corrected chi connectivity index (χ4v) is 6.98. The Hall–Kier alpha value is -3.39. The predicted octanol–water partition coefficient (Wildman–Crippen LogP) is 9.32. The lowest BCUT2D eigenvalue weighted by molar-refractivity contribution is -0.660. The minimum absolute atomic E-state index is 0.227. The van der Waals surface area contributed by atoms with Crippen molar-refractivity contribution in [1.29, 1.82) is 0 Å². The molecule has 2 aliphatic carbocycles. The van der Waals surface area contributed by atoms with Crippen molar-refractivity contribution >= 4 is 21.9 Å². The van der Waals surface area contributed by atoms with E-state index in [4.69, 9.17) is 4.42 Å². The summed E-state index contributed by atoms with van der Waals surface area (Å²) >= 11 is 0. The van der Waals surface area contributed by atoms with Gasteiger partial charge in [0.15, 0.2) is 6.20 Å². The van der Waals surface area contributed by atoms with Gasteiger partial charge >= 0.3 is 0 Å². The highest BCUT2D eigenvalue weighted by Gasteiger charge is 2.34. The quantitative estimate of drug-likeness (QED) is 0.224. The lowest BCUT2D eigenvalue weighted by Crippen LogP contribution is -2.30. The van der Waals surface area contributed by atoms with Gasteiger partial charge < -0.3 is 4.42 Å². The van der Waals surface area contributed by atoms with Crippen LogP contribution in [0.3, 0.4) is 0 Å². The van der Waals surface area contributed by atoms with Crippen molar-refractivity contribution in [3.05, 3.63) is 89.1 Å². The zero-order chi connectivity index (χ0) is 28.7. The summed E-state index contributed by atoms with van der Waals surface area (Å²) in [4.78, 5) is 0. The summed E-state index contributed by atoms with van der Waals surface area (Å²) in [6.45, 7) is 6.62. The first kappa shape index (κ1) is 20.6. The fourth-order valence-electron chi connectivity index (χ4n) is 6.98. The van der Waals surface area contributed by atoms with E-state index < -0.39 is 12.3 Å². The summed E-state index contributed by atoms with van der Waals surface area (Å²) in [5, 5.41) is 2.15. The Balaban J connectivity index is 1.55. The van der Waals surface area contributed by atoms with Crippen LogP contribution in [0, 0.1) is 6.92 Å². The number of aromatic nitrogens is 1. The van der Waals surface area contributed by atoms with Gasteiger partial charge in [0.1, 0.15) is 18.2 Å². The average molecular weight is 504 g/mol. The molecule has 7 rings (SSSR count). The first-order valence-corrected chi connectivity index (χ1v) is 14.1. The largest absolute Gasteiger partial charge is 0.454 e. The lowest BCUT2D eigenvalue weighted by Gasteiger charge is -2.37. The lowest BCUT2D eigenvalue weighted by atomic mass is 9.67. The maximum absolute atomic E-state index is 9.40. The van der Waals surface area contributed by atoms with Crippen LogP contribution in [0.25, 0.3) is 44.3 Å². The van der Waals surface area contributed by atoms with E-state index in [0.717, 1.165) is 98.7 Å². The Morgan fingerprint density at radius 3 is 2.53 bits per heavy atom. The SMILES string of the molecule is [2H]C1([2H])CCC(C)(C)c2c(-c3cccc4c3oc3c(-c5cccc[n+]5C)c(C)ccc34)ccc(C3([2H])CCCC3)c21. The molecular formula is C36H38NO+. The van der Waals surface area contributed by atoms with Gasteiger partial charge in [-0.05, 0) is 84.2 Å². The number of fused-ring (bicyclic) bond motifs is 4. The molecule has 2 aromatic heterocycles. The molecule has 2 heteroatoms. The van der Waals surface area contributed by atoms with Gasteiger partial charge in [-0.3, -0.25) is 0 Å². The van der Waals surface area contributed by atoms with Crippen LogP contribution in [-0.4, -0.2) is 0 Å². The number of hydrogen-bond acceptors (Lipinski definition) is 1. The highest BCUT2D eigenvalue weighted by atomic mass is 16.3. The Kier molecular flexibility index (Phi) is 4.78. The Labute approximate surface area is 230 Å². The monoisotopic (exact) mass is 503 g/mol. The minimum atomic E-state index is -1.47. The molecule has 1 saturated carbocycles. The molecule has 1 fully saturated rings. The molecule has 0 saturated heterocycles. The van der Waals surface area contributed by atoms with Gasteiger partial charge in [-0.25, -0.2) is 4.57 Å². The molecule has 0 N–H and O–H groups in total. The van der Waals surface area contributed by atoms with E-state index in [1.807, 2.05) is 6.07 Å². The van der Waals surface area contributed by atoms with Crippen molar-refractivity contribution in [3.8, 4) is 22.4 Å². The molecule has 2 nitrogen and oxygen atoms in total. The number of rotatable bonds is 3. The van der Waals surface area contributed by atoms with Gasteiger partial charge in [0.05, 0.1) is 5.56 Å². The maximum Gasteiger partial charge on any atom is 0.216 e. The number of pyridine rings is 1. The minimum Gasteiger partial charge on any atom is -0.454 e. The standard InChI is InChI=1S/C36H38NO/c1-23-17-18-30-29-14-9-13-28(34(29)38-35(30)32(23)31-16-7-8-22-37(31)4)27-20-19-25(24-11-5-6-12-24)26-15-10-21-36(2,3)33(26)27/h7-9,13-14,16-20,22,24H,5-6,10-12,15,21H2,1-4H3/q+1/i15D2,24D. The van der Waals surface area contributed by atoms with Crippen LogP contribution in [0.5, 0.6) is 0 Å². The Morgan fingerprint density at radius 2 is 1.71 bits per heavy atom. The van der Waals surface area contributed by atoms with Gasteiger partial charge in [-0.1, -0.05) is 69.2 Å². The van der Waals surface area contributed by atoms with Crippen LogP contribution in [0.15, 0.2) is 71.3 Å². The fraction of sp³-hybridized carbons (Fsp3) is 0.361. The van der Waals surface area contributed by atoms with Gasteiger partial charge in [-0.2, -0.15) is 0 Å². The van der Waals surface area contributed by atoms with Crippen LogP contribution in [0.4, 0.5) is 0 Å². The summed E-state index contributed by atoms with van der Waals surface area (Å²) in [5.41, 5.74) is 9.61. The molecule has 0 radical (unpaired) electrons. The van der Waals surface area contributed by atoms with Crippen LogP contribution < -0.4 is 4.57 Å². The summed E-state index contributed by atoms with van der Waals surface area (Å²) in [6.07, 6.45) is 5.50. The number of aryl methyl sites for hydroxylation is 2. The smallest absolute Gasteiger partial charge is 0.216 e. The number of benzene rings is 3. The van der Waals surface area contributed by atoms with E-state index in [1.54, 1.807) is 0 Å². The molecule has 2 aliphatic rings. The van der Waals surface area contributed by atoms with Gasteiger partial charge in [-0.15, -0.1) is 0 Å². The molecule has 3 aromatic carbocycles. The van der Waals surface area contributed by atoms with Crippen LogP contribution in [-0.2, 0) is 18.8 Å². The van der Waals surface area contributed by atoms with E-state index in [2.05, 4.69) is 93.2 Å². The van der Waals surface area contributed by atoms with Crippen molar-refractivity contribution in [2.24, 2.45) is 7.05 Å². The number of hydrogen-bond donors (Lipinski definition) is 0. The third-order valence-corrected chi connectivity index (χ3v) is 9.00. The van der Waals surface area contributed by atoms with E-state index in [-0.39, 0.29) is 5.41 Å². The van der Waals surface area contributed by atoms with E-state index in [0.29, 0.717) is 6.42 Å². The third kappa shape index (κ3) is 3.56. The highest BCUT2D eigenvalue weighted by molar-refractivity contribution is 6.13. The second-order valence-electron chi connectivity index (χ2n) is 11.9. The molecule has 0 atom stereocenters. The van der Waals surface area contributed by atoms with Crippen LogP contribution in [0.1, 0.15) is 84.6 Å². The molecule has 0 bridgehead atoms. The van der Waals surface area contributed by atoms with Crippen molar-refractivity contribution in [2.75, 3.05) is 0 Å². The normalized spacial score (nSPS) is 20.7. The highest BCUT2D eigenvalue weighted by Crippen LogP contribution is 2.49. The van der Waals surface area contributed by atoms with Crippen molar-refractivity contribution in [3.63, 3.8) is 0 Å². The molecular weight excluding hydrogens is 462 g/mol. The zero-order valence-electron chi connectivity index (χ0n) is 25.9. The predicted molar refractivity (Wildman–Crippen MR) is 158 cm³/mol. The van der Waals surface area contributed by atoms with Gasteiger partial charge in [0.25, 0.3) is 0 Å². The number of para-hydroxylation sites is 1. The maximum atomic E-state index is 9.40. The van der Waals surface area contributed by atoms with E-state index >= 15 is 0 Å². The molecule has 38 heavy (non-hydrogen) atoms. The first-order valence-electron chi connectivity index (χ1n) is 15.6. The molecule has 0 aliphatic heterocycles. The number of nitrogens with zero attached hydrogens (tertiary/aromatic N) is 1. The van der Waals surface area contributed by atoms with E-state index in [9.17, 15) is 4.11 Å². The molecule has 5 aromatic rings. The summed E-state index contributed by atoms with van der Waals surface area (Å²) in [5.74, 6) is -0.716. The summed E-state index contributed by atoms with van der Waals surface area (Å²) < 4.78 is 36.8. The topological polar surface area (TPSA) is 17.0 Å². The molecule has 0 unspecified atom stereocenters. The summed E-state index contributed by atoms with van der Waals surface area (Å²) in [7, 11) is 2.06. The van der Waals surface area contributed by atoms with E-state index in [1.165, 1.54) is 0 Å². The zero-order valence-corrected chi connectivity index (χ0v) is 22.9. The third-order valence-electron chi connectivity index (χ3n) is 9.00. The second kappa shape index (κ2) is 8.83. The summed E-state index contributed by atoms with van der Waals surface area (Å²) in [6, 6.07) is 21.2.